The third-order valence-corrected chi connectivity index (χ3v) is 8.67. The first-order valence-corrected chi connectivity index (χ1v) is 17.0. The van der Waals surface area contributed by atoms with Gasteiger partial charge in [-0.3, -0.25) is 10.1 Å². The van der Waals surface area contributed by atoms with Gasteiger partial charge in [0.1, 0.15) is 18.8 Å². The zero-order chi connectivity index (χ0) is 34.6. The van der Waals surface area contributed by atoms with Crippen molar-refractivity contribution in [2.75, 3.05) is 22.6 Å². The Morgan fingerprint density at radius 3 is 2.29 bits per heavy atom. The van der Waals surface area contributed by atoms with Gasteiger partial charge in [-0.15, -0.1) is 0 Å². The average molecular weight is 745 g/mol. The highest BCUT2D eigenvalue weighted by atomic mass is 35.6. The van der Waals surface area contributed by atoms with Gasteiger partial charge < -0.3 is 15.4 Å². The van der Waals surface area contributed by atoms with Crippen LogP contribution in [0, 0.1) is 13.8 Å². The number of nitrogens with zero attached hydrogens (tertiary/aromatic N) is 3. The smallest absolute Gasteiger partial charge is 0.411 e. The Morgan fingerprint density at radius 2 is 1.62 bits per heavy atom. The van der Waals surface area contributed by atoms with Crippen LogP contribution in [-0.2, 0) is 4.74 Å². The molecule has 5 aromatic rings. The minimum Gasteiger partial charge on any atom is -0.445 e. The van der Waals surface area contributed by atoms with Gasteiger partial charge in [-0.25, -0.2) is 19.7 Å². The lowest BCUT2D eigenvalue weighted by Crippen LogP contribution is -2.21. The highest BCUT2D eigenvalue weighted by Crippen LogP contribution is 2.37. The van der Waals surface area contributed by atoms with Crippen molar-refractivity contribution in [1.29, 1.82) is 0 Å². The van der Waals surface area contributed by atoms with Crippen molar-refractivity contribution in [3.63, 3.8) is 0 Å². The summed E-state index contributed by atoms with van der Waals surface area (Å²) in [5.41, 5.74) is 5.47. The molecular formula is C34H30Cl4N6O3S. The Hall–Kier alpha value is -3.80. The topological polar surface area (TPSA) is 118 Å². The van der Waals surface area contributed by atoms with Gasteiger partial charge in [0.15, 0.2) is 5.65 Å². The Kier molecular flexibility index (Phi) is 11.2. The number of carbonyl (C=O) groups is 2. The number of benzene rings is 3. The van der Waals surface area contributed by atoms with E-state index in [1.165, 1.54) is 18.1 Å². The predicted molar refractivity (Wildman–Crippen MR) is 196 cm³/mol. The molecule has 0 fully saturated rings. The van der Waals surface area contributed by atoms with Crippen LogP contribution in [0.2, 0.25) is 5.02 Å². The summed E-state index contributed by atoms with van der Waals surface area (Å²) in [5, 5.41) is 10.4. The number of fused-ring (bicyclic) bond motifs is 1. The Bertz CT molecular complexity index is 1960. The van der Waals surface area contributed by atoms with Gasteiger partial charge in [0.25, 0.3) is 5.91 Å². The molecule has 2 heterocycles. The molecule has 48 heavy (non-hydrogen) atoms. The first kappa shape index (κ1) is 35.5. The molecule has 5 rings (SSSR count). The van der Waals surface area contributed by atoms with Crippen molar-refractivity contribution in [2.45, 2.75) is 47.2 Å². The van der Waals surface area contributed by atoms with E-state index in [1.807, 2.05) is 56.3 Å². The number of ether oxygens (including phenoxy) is 1. The summed E-state index contributed by atoms with van der Waals surface area (Å²) in [6.45, 7) is 7.54. The molecule has 2 amide bonds. The molecular weight excluding hydrogens is 714 g/mol. The summed E-state index contributed by atoms with van der Waals surface area (Å²) in [5.74, 6) is 0.496. The number of carbonyl (C=O) groups excluding carboxylic acids is 2. The Morgan fingerprint density at radius 1 is 0.917 bits per heavy atom. The third-order valence-electron chi connectivity index (χ3n) is 7.04. The molecule has 0 aliphatic carbocycles. The molecule has 0 saturated heterocycles. The summed E-state index contributed by atoms with van der Waals surface area (Å²) >= 11 is 24.6. The summed E-state index contributed by atoms with van der Waals surface area (Å²) in [6.07, 6.45) is 0.708. The van der Waals surface area contributed by atoms with Crippen LogP contribution in [0.5, 0.6) is 0 Å². The van der Waals surface area contributed by atoms with Crippen LogP contribution in [-0.4, -0.2) is 37.4 Å². The molecule has 248 valence electrons. The Labute approximate surface area is 302 Å². The van der Waals surface area contributed by atoms with Crippen LogP contribution in [0.1, 0.15) is 46.9 Å². The van der Waals surface area contributed by atoms with E-state index in [0.29, 0.717) is 39.1 Å². The fraction of sp³-hybridized carbons (Fsp3) is 0.206. The van der Waals surface area contributed by atoms with E-state index in [0.717, 1.165) is 32.0 Å². The second kappa shape index (κ2) is 15.2. The number of aryl methyl sites for hydroxylation is 2. The number of amides is 2. The number of rotatable bonds is 9. The molecule has 0 aliphatic heterocycles. The van der Waals surface area contributed by atoms with Crippen molar-refractivity contribution in [1.82, 2.24) is 15.0 Å². The van der Waals surface area contributed by atoms with Gasteiger partial charge in [0.05, 0.1) is 11.1 Å². The molecule has 0 bridgehead atoms. The lowest BCUT2D eigenvalue weighted by atomic mass is 10.1. The quantitative estimate of drug-likeness (QED) is 0.128. The monoisotopic (exact) mass is 742 g/mol. The van der Waals surface area contributed by atoms with Crippen molar-refractivity contribution in [3.8, 4) is 0 Å². The normalized spacial score (nSPS) is 11.4. The second-order valence-electron chi connectivity index (χ2n) is 11.1. The first-order chi connectivity index (χ1) is 22.8. The lowest BCUT2D eigenvalue weighted by molar-refractivity contribution is 0.102. The van der Waals surface area contributed by atoms with E-state index >= 15 is 0 Å². The van der Waals surface area contributed by atoms with Gasteiger partial charge in [-0.2, -0.15) is 0 Å². The van der Waals surface area contributed by atoms with Crippen LogP contribution in [0.15, 0.2) is 82.8 Å². The standard InChI is InChI=1S/C34H30Cl4N6O3S/c1-18(2)26-11-10-25-30(42-26)39-17-40-31(25)43-27-15-21(32(45)44-29-19(3)13-22(35)14-20(29)4)5-12-28(27)48-24-8-6-23(7-9-24)41-33(46)47-16-34(36,37)38/h5-15,17-18H,16H2,1-4H3,(H,41,46)(H,44,45)(H,39,40,42,43). The van der Waals surface area contributed by atoms with Gasteiger partial charge in [-0.1, -0.05) is 72.0 Å². The van der Waals surface area contributed by atoms with Crippen molar-refractivity contribution >= 4 is 104 Å². The van der Waals surface area contributed by atoms with E-state index in [4.69, 9.17) is 56.1 Å². The number of aromatic nitrogens is 3. The van der Waals surface area contributed by atoms with Crippen LogP contribution in [0.25, 0.3) is 11.0 Å². The number of nitrogens with one attached hydrogen (secondary N) is 3. The second-order valence-corrected chi connectivity index (χ2v) is 15.2. The molecule has 14 heteroatoms. The number of alkyl halides is 3. The number of halogens is 4. The summed E-state index contributed by atoms with van der Waals surface area (Å²) in [7, 11) is 0. The van der Waals surface area contributed by atoms with Gasteiger partial charge in [-0.05, 0) is 97.6 Å². The molecule has 0 radical (unpaired) electrons. The predicted octanol–water partition coefficient (Wildman–Crippen LogP) is 10.5. The first-order valence-electron chi connectivity index (χ1n) is 14.6. The van der Waals surface area contributed by atoms with Gasteiger partial charge in [0, 0.05) is 37.4 Å². The maximum atomic E-state index is 13.5. The zero-order valence-corrected chi connectivity index (χ0v) is 30.0. The van der Waals surface area contributed by atoms with Crippen LogP contribution in [0.4, 0.5) is 27.7 Å². The number of anilines is 4. The maximum Gasteiger partial charge on any atom is 0.411 e. The largest absolute Gasteiger partial charge is 0.445 e. The molecule has 0 saturated carbocycles. The number of hydrogen-bond acceptors (Lipinski definition) is 8. The fourth-order valence-electron chi connectivity index (χ4n) is 4.69. The van der Waals surface area contributed by atoms with E-state index < -0.39 is 16.5 Å². The highest BCUT2D eigenvalue weighted by molar-refractivity contribution is 7.99. The maximum absolute atomic E-state index is 13.5. The fourth-order valence-corrected chi connectivity index (χ4v) is 6.06. The molecule has 3 N–H and O–H groups in total. The van der Waals surface area contributed by atoms with Crippen molar-refractivity contribution in [3.05, 3.63) is 100 Å². The highest BCUT2D eigenvalue weighted by Gasteiger charge is 2.22. The summed E-state index contributed by atoms with van der Waals surface area (Å²) in [6, 6.07) is 20.0. The third kappa shape index (κ3) is 9.21. The van der Waals surface area contributed by atoms with Gasteiger partial charge in [0.2, 0.25) is 3.79 Å². The SMILES string of the molecule is Cc1cc(Cl)cc(C)c1NC(=O)c1ccc(Sc2ccc(NC(=O)OCC(Cl)(Cl)Cl)cc2)c(Nc2ncnc3nc(C(C)C)ccc23)c1. The molecule has 0 aliphatic rings. The molecule has 0 spiro atoms. The molecule has 0 atom stereocenters. The molecule has 9 nitrogen and oxygen atoms in total. The van der Waals surface area contributed by atoms with Crippen LogP contribution >= 0.6 is 58.2 Å². The summed E-state index contributed by atoms with van der Waals surface area (Å²) in [4.78, 5) is 40.9. The zero-order valence-electron chi connectivity index (χ0n) is 26.2. The van der Waals surface area contributed by atoms with E-state index in [9.17, 15) is 9.59 Å². The molecule has 0 unspecified atom stereocenters. The average Bonchev–Trinajstić information content (AvgIpc) is 3.03. The van der Waals surface area contributed by atoms with E-state index in [-0.39, 0.29) is 11.8 Å². The molecule has 2 aromatic heterocycles. The van der Waals surface area contributed by atoms with Crippen LogP contribution in [0.3, 0.4) is 0 Å². The van der Waals surface area contributed by atoms with E-state index in [1.54, 1.807) is 24.3 Å². The van der Waals surface area contributed by atoms with Crippen molar-refractivity contribution in [2.24, 2.45) is 0 Å². The lowest BCUT2D eigenvalue weighted by Gasteiger charge is -2.16. The Balaban J connectivity index is 1.44. The van der Waals surface area contributed by atoms with Crippen molar-refractivity contribution < 1.29 is 14.3 Å². The molecule has 3 aromatic carbocycles. The van der Waals surface area contributed by atoms with Gasteiger partial charge >= 0.3 is 6.09 Å². The summed E-state index contributed by atoms with van der Waals surface area (Å²) < 4.78 is 3.22. The minimum atomic E-state index is -1.71. The number of hydrogen-bond donors (Lipinski definition) is 3. The minimum absolute atomic E-state index is 0.237. The number of pyridine rings is 1. The van der Waals surface area contributed by atoms with E-state index in [2.05, 4.69) is 39.8 Å². The van der Waals surface area contributed by atoms with Crippen LogP contribution < -0.4 is 16.0 Å².